The minimum absolute atomic E-state index is 0.0626. The summed E-state index contributed by atoms with van der Waals surface area (Å²) in [5, 5.41) is 3.15. The van der Waals surface area contributed by atoms with Crippen LogP contribution in [-0.4, -0.2) is 54.1 Å². The highest BCUT2D eigenvalue weighted by Gasteiger charge is 2.14. The first-order chi connectivity index (χ1) is 9.22. The number of nitrogens with zero attached hydrogens (tertiary/aromatic N) is 3. The number of carbonyl (C=O) groups is 1. The average molecular weight is 266 g/mol. The third-order valence-corrected chi connectivity index (χ3v) is 2.77. The van der Waals surface area contributed by atoms with Crippen molar-refractivity contribution < 1.29 is 9.53 Å². The van der Waals surface area contributed by atoms with Crippen molar-refractivity contribution in [1.29, 1.82) is 0 Å². The number of anilines is 1. The van der Waals surface area contributed by atoms with E-state index in [0.717, 1.165) is 13.0 Å². The number of ether oxygens (including phenoxy) is 1. The number of aromatic nitrogens is 2. The molecule has 0 saturated heterocycles. The van der Waals surface area contributed by atoms with Gasteiger partial charge < -0.3 is 15.0 Å². The second-order valence-corrected chi connectivity index (χ2v) is 4.04. The van der Waals surface area contributed by atoms with Gasteiger partial charge in [-0.2, -0.15) is 0 Å². The van der Waals surface area contributed by atoms with E-state index in [1.54, 1.807) is 18.1 Å². The summed E-state index contributed by atoms with van der Waals surface area (Å²) in [7, 11) is 1.67. The maximum absolute atomic E-state index is 12.1. The summed E-state index contributed by atoms with van der Waals surface area (Å²) in [6.07, 6.45) is 2.30. The fourth-order valence-corrected chi connectivity index (χ4v) is 1.68. The van der Waals surface area contributed by atoms with E-state index in [-0.39, 0.29) is 5.91 Å². The summed E-state index contributed by atoms with van der Waals surface area (Å²) in [5.41, 5.74) is 0.424. The Bertz CT molecular complexity index is 394. The van der Waals surface area contributed by atoms with Crippen LogP contribution in [0.1, 0.15) is 30.8 Å². The Morgan fingerprint density at radius 3 is 2.74 bits per heavy atom. The summed E-state index contributed by atoms with van der Waals surface area (Å²) >= 11 is 0. The molecule has 1 amide bonds. The number of hydrogen-bond donors (Lipinski definition) is 1. The van der Waals surface area contributed by atoms with E-state index in [9.17, 15) is 4.79 Å². The van der Waals surface area contributed by atoms with Crippen molar-refractivity contribution in [2.45, 2.75) is 20.3 Å². The number of hydrogen-bond acceptors (Lipinski definition) is 5. The summed E-state index contributed by atoms with van der Waals surface area (Å²) in [6, 6.07) is 1.69. The molecule has 0 bridgehead atoms. The number of methoxy groups -OCH3 is 1. The van der Waals surface area contributed by atoms with Crippen LogP contribution in [-0.2, 0) is 4.74 Å². The molecule has 0 saturated carbocycles. The van der Waals surface area contributed by atoms with Crippen LogP contribution >= 0.6 is 0 Å². The number of nitrogens with one attached hydrogen (secondary N) is 1. The molecule has 1 N–H and O–H groups in total. The number of rotatable bonds is 8. The van der Waals surface area contributed by atoms with Gasteiger partial charge >= 0.3 is 0 Å². The highest BCUT2D eigenvalue weighted by Crippen LogP contribution is 2.07. The zero-order valence-electron chi connectivity index (χ0n) is 11.8. The Morgan fingerprint density at radius 2 is 2.11 bits per heavy atom. The summed E-state index contributed by atoms with van der Waals surface area (Å²) < 4.78 is 4.97. The first-order valence-electron chi connectivity index (χ1n) is 6.57. The molecule has 0 aliphatic heterocycles. The van der Waals surface area contributed by atoms with E-state index < -0.39 is 0 Å². The van der Waals surface area contributed by atoms with Crippen molar-refractivity contribution in [3.8, 4) is 0 Å². The molecule has 0 aliphatic carbocycles. The molecule has 0 aliphatic rings. The van der Waals surface area contributed by atoms with Crippen molar-refractivity contribution >= 4 is 11.7 Å². The molecule has 6 heteroatoms. The van der Waals surface area contributed by atoms with Crippen molar-refractivity contribution in [3.05, 3.63) is 18.1 Å². The van der Waals surface area contributed by atoms with Gasteiger partial charge in [-0.3, -0.25) is 4.79 Å². The lowest BCUT2D eigenvalue weighted by molar-refractivity contribution is 0.0767. The smallest absolute Gasteiger partial charge is 0.272 e. The van der Waals surface area contributed by atoms with Crippen LogP contribution in [0.5, 0.6) is 0 Å². The topological polar surface area (TPSA) is 67.4 Å². The van der Waals surface area contributed by atoms with E-state index in [2.05, 4.69) is 15.3 Å². The molecule has 0 spiro atoms. The molecule has 0 radical (unpaired) electrons. The molecular formula is C13H22N4O2. The molecule has 1 rings (SSSR count). The van der Waals surface area contributed by atoms with Crippen LogP contribution in [0.4, 0.5) is 5.82 Å². The van der Waals surface area contributed by atoms with Crippen LogP contribution in [0.2, 0.25) is 0 Å². The first kappa shape index (κ1) is 15.4. The van der Waals surface area contributed by atoms with Crippen molar-refractivity contribution in [2.75, 3.05) is 38.7 Å². The van der Waals surface area contributed by atoms with E-state index in [4.69, 9.17) is 4.74 Å². The zero-order valence-corrected chi connectivity index (χ0v) is 11.8. The minimum Gasteiger partial charge on any atom is -0.385 e. The van der Waals surface area contributed by atoms with Gasteiger partial charge in [0.25, 0.3) is 5.91 Å². The van der Waals surface area contributed by atoms with Gasteiger partial charge in [0.1, 0.15) is 17.8 Å². The van der Waals surface area contributed by atoms with Gasteiger partial charge in [0, 0.05) is 39.4 Å². The number of carbonyl (C=O) groups excluding carboxylic acids is 1. The standard InChI is InChI=1S/C13H22N4O2/c1-4-17(5-2)13(18)11-9-12(16-10-15-11)14-7-6-8-19-3/h9-10H,4-8H2,1-3H3,(H,14,15,16). The molecule has 0 fully saturated rings. The quantitative estimate of drug-likeness (QED) is 0.720. The second kappa shape index (κ2) is 8.42. The van der Waals surface area contributed by atoms with Gasteiger partial charge in [-0.25, -0.2) is 9.97 Å². The highest BCUT2D eigenvalue weighted by molar-refractivity contribution is 5.92. The van der Waals surface area contributed by atoms with Gasteiger partial charge in [0.2, 0.25) is 0 Å². The Morgan fingerprint density at radius 1 is 1.37 bits per heavy atom. The summed E-state index contributed by atoms with van der Waals surface area (Å²) in [4.78, 5) is 22.0. The van der Waals surface area contributed by atoms with Gasteiger partial charge in [-0.15, -0.1) is 0 Å². The third kappa shape index (κ3) is 4.82. The molecule has 0 unspecified atom stereocenters. The third-order valence-electron chi connectivity index (χ3n) is 2.77. The lowest BCUT2D eigenvalue weighted by Crippen LogP contribution is -2.31. The average Bonchev–Trinajstić information content (AvgIpc) is 2.45. The molecule has 106 valence electrons. The molecule has 0 atom stereocenters. The zero-order chi connectivity index (χ0) is 14.1. The van der Waals surface area contributed by atoms with Crippen molar-refractivity contribution in [3.63, 3.8) is 0 Å². The molecule has 1 heterocycles. The van der Waals surface area contributed by atoms with Gasteiger partial charge in [0.15, 0.2) is 0 Å². The lowest BCUT2D eigenvalue weighted by Gasteiger charge is -2.18. The molecule has 1 aromatic rings. The van der Waals surface area contributed by atoms with Crippen LogP contribution in [0.15, 0.2) is 12.4 Å². The Hall–Kier alpha value is -1.69. The van der Waals surface area contributed by atoms with Gasteiger partial charge in [-0.05, 0) is 20.3 Å². The SMILES string of the molecule is CCN(CC)C(=O)c1cc(NCCCOC)ncn1. The Balaban J connectivity index is 2.63. The predicted molar refractivity (Wildman–Crippen MR) is 74.3 cm³/mol. The maximum Gasteiger partial charge on any atom is 0.272 e. The van der Waals surface area contributed by atoms with Crippen LogP contribution in [0.25, 0.3) is 0 Å². The maximum atomic E-state index is 12.1. The minimum atomic E-state index is -0.0626. The molecule has 0 aromatic carbocycles. The largest absolute Gasteiger partial charge is 0.385 e. The van der Waals surface area contributed by atoms with E-state index >= 15 is 0 Å². The molecule has 6 nitrogen and oxygen atoms in total. The van der Waals surface area contributed by atoms with Gasteiger partial charge in [-0.1, -0.05) is 0 Å². The van der Waals surface area contributed by atoms with E-state index in [1.165, 1.54) is 6.33 Å². The molecule has 1 aromatic heterocycles. The molecule has 19 heavy (non-hydrogen) atoms. The summed E-state index contributed by atoms with van der Waals surface area (Å²) in [5.74, 6) is 0.606. The fraction of sp³-hybridized carbons (Fsp3) is 0.615. The normalized spacial score (nSPS) is 10.3. The monoisotopic (exact) mass is 266 g/mol. The first-order valence-corrected chi connectivity index (χ1v) is 6.57. The van der Waals surface area contributed by atoms with Crippen LogP contribution in [0, 0.1) is 0 Å². The van der Waals surface area contributed by atoms with E-state index in [1.807, 2.05) is 13.8 Å². The van der Waals surface area contributed by atoms with E-state index in [0.29, 0.717) is 31.2 Å². The Kier molecular flexibility index (Phi) is 6.81. The van der Waals surface area contributed by atoms with Crippen LogP contribution in [0.3, 0.4) is 0 Å². The van der Waals surface area contributed by atoms with Crippen molar-refractivity contribution in [2.24, 2.45) is 0 Å². The van der Waals surface area contributed by atoms with Crippen LogP contribution < -0.4 is 5.32 Å². The van der Waals surface area contributed by atoms with Crippen molar-refractivity contribution in [1.82, 2.24) is 14.9 Å². The second-order valence-electron chi connectivity index (χ2n) is 4.04. The predicted octanol–water partition coefficient (Wildman–Crippen LogP) is 1.41. The lowest BCUT2D eigenvalue weighted by atomic mass is 10.3. The summed E-state index contributed by atoms with van der Waals surface area (Å²) in [6.45, 7) is 6.71. The fourth-order valence-electron chi connectivity index (χ4n) is 1.68. The number of amides is 1. The highest BCUT2D eigenvalue weighted by atomic mass is 16.5. The Labute approximate surface area is 114 Å². The van der Waals surface area contributed by atoms with Gasteiger partial charge in [0.05, 0.1) is 0 Å². The molecular weight excluding hydrogens is 244 g/mol.